The fourth-order valence-corrected chi connectivity index (χ4v) is 1.83. The second-order valence-corrected chi connectivity index (χ2v) is 4.00. The second-order valence-electron chi connectivity index (χ2n) is 4.00. The van der Waals surface area contributed by atoms with Gasteiger partial charge in [0.25, 0.3) is 5.54 Å². The van der Waals surface area contributed by atoms with E-state index in [1.807, 2.05) is 6.07 Å². The number of hydrogen-bond acceptors (Lipinski definition) is 5. The van der Waals surface area contributed by atoms with E-state index in [1.54, 1.807) is 37.3 Å². The number of hydrogen-bond donors (Lipinski definition) is 1. The smallest absolute Gasteiger partial charge is 0.355 e. The maximum absolute atomic E-state index is 12.0. The van der Waals surface area contributed by atoms with Crippen molar-refractivity contribution in [1.82, 2.24) is 5.32 Å². The van der Waals surface area contributed by atoms with Gasteiger partial charge >= 0.3 is 5.97 Å². The molecule has 2 rings (SSSR count). The van der Waals surface area contributed by atoms with E-state index >= 15 is 0 Å². The Bertz CT molecular complexity index is 586. The lowest BCUT2D eigenvalue weighted by molar-refractivity contribution is -0.150. The number of nitrogens with zero attached hydrogens (tertiary/aromatic N) is 1. The summed E-state index contributed by atoms with van der Waals surface area (Å²) in [6, 6.07) is 10.7. The van der Waals surface area contributed by atoms with E-state index in [0.29, 0.717) is 5.70 Å². The van der Waals surface area contributed by atoms with Crippen LogP contribution < -0.4 is 5.32 Å². The van der Waals surface area contributed by atoms with E-state index in [0.717, 1.165) is 5.56 Å². The van der Waals surface area contributed by atoms with Gasteiger partial charge in [0.15, 0.2) is 0 Å². The van der Waals surface area contributed by atoms with Crippen molar-refractivity contribution in [2.45, 2.75) is 12.5 Å². The molecule has 0 spiro atoms. The monoisotopic (exact) mass is 256 g/mol. The summed E-state index contributed by atoms with van der Waals surface area (Å²) >= 11 is 0. The first-order valence-corrected chi connectivity index (χ1v) is 5.82. The highest BCUT2D eigenvalue weighted by atomic mass is 16.5. The molecular weight excluding hydrogens is 244 g/mol. The first-order chi connectivity index (χ1) is 9.14. The molecule has 0 aliphatic carbocycles. The summed E-state index contributed by atoms with van der Waals surface area (Å²) in [5, 5.41) is 11.9. The van der Waals surface area contributed by atoms with Gasteiger partial charge in [-0.15, -0.1) is 0 Å². The Morgan fingerprint density at radius 2 is 2.11 bits per heavy atom. The lowest BCUT2D eigenvalue weighted by Gasteiger charge is -2.19. The minimum absolute atomic E-state index is 0.109. The topological polar surface area (TPSA) is 79.2 Å². The summed E-state index contributed by atoms with van der Waals surface area (Å²) in [5.41, 5.74) is -0.779. The molecule has 1 heterocycles. The Labute approximate surface area is 110 Å². The standard InChI is InChI=1S/C14H12N2O3/c1-2-19-13(18)14(9-15)12(17)8-11(16-14)10-6-4-3-5-7-10/h3-8,16H,2H2,1H3. The third-order valence-corrected chi connectivity index (χ3v) is 2.80. The summed E-state index contributed by atoms with van der Waals surface area (Å²) in [4.78, 5) is 23.8. The number of nitrogens with one attached hydrogen (secondary N) is 1. The van der Waals surface area contributed by atoms with Crippen LogP contribution in [0.25, 0.3) is 5.70 Å². The SMILES string of the molecule is CCOC(=O)C1(C#N)NC(c2ccccc2)=CC1=O. The number of rotatable bonds is 3. The van der Waals surface area contributed by atoms with Gasteiger partial charge in [-0.05, 0) is 12.5 Å². The van der Waals surface area contributed by atoms with Gasteiger partial charge in [0.05, 0.1) is 6.61 Å². The number of ether oxygens (including phenoxy) is 1. The van der Waals surface area contributed by atoms with Crippen LogP contribution in [0.15, 0.2) is 36.4 Å². The zero-order valence-electron chi connectivity index (χ0n) is 10.3. The van der Waals surface area contributed by atoms with E-state index in [2.05, 4.69) is 5.32 Å². The first-order valence-electron chi connectivity index (χ1n) is 5.82. The average molecular weight is 256 g/mol. The number of nitriles is 1. The molecule has 1 aliphatic rings. The Morgan fingerprint density at radius 1 is 1.42 bits per heavy atom. The molecule has 1 aromatic rings. The molecule has 0 saturated carbocycles. The minimum atomic E-state index is -1.96. The molecule has 0 fully saturated rings. The van der Waals surface area contributed by atoms with E-state index in [9.17, 15) is 14.9 Å². The summed E-state index contributed by atoms with van der Waals surface area (Å²) in [5.74, 6) is -1.48. The number of carbonyl (C=O) groups excluding carboxylic acids is 2. The molecule has 19 heavy (non-hydrogen) atoms. The molecule has 1 unspecified atom stereocenters. The van der Waals surface area contributed by atoms with Crippen molar-refractivity contribution >= 4 is 17.4 Å². The Balaban J connectivity index is 2.33. The maximum atomic E-state index is 12.0. The Kier molecular flexibility index (Phi) is 3.34. The lowest BCUT2D eigenvalue weighted by Crippen LogP contribution is -2.53. The van der Waals surface area contributed by atoms with Crippen molar-refractivity contribution < 1.29 is 14.3 Å². The maximum Gasteiger partial charge on any atom is 0.355 e. The van der Waals surface area contributed by atoms with E-state index in [4.69, 9.17) is 4.74 Å². The van der Waals surface area contributed by atoms with Gasteiger partial charge in [-0.3, -0.25) is 4.79 Å². The van der Waals surface area contributed by atoms with Gasteiger partial charge in [0.2, 0.25) is 5.78 Å². The second kappa shape index (κ2) is 4.94. The van der Waals surface area contributed by atoms with Crippen molar-refractivity contribution in [2.75, 3.05) is 6.61 Å². The Hall–Kier alpha value is -2.61. The van der Waals surface area contributed by atoms with Crippen molar-refractivity contribution in [3.63, 3.8) is 0 Å². The zero-order chi connectivity index (χ0) is 13.9. The van der Waals surface area contributed by atoms with Crippen molar-refractivity contribution in [2.24, 2.45) is 0 Å². The van der Waals surface area contributed by atoms with Crippen LogP contribution in [0.3, 0.4) is 0 Å². The number of benzene rings is 1. The van der Waals surface area contributed by atoms with Gasteiger partial charge in [-0.2, -0.15) is 5.26 Å². The molecule has 0 saturated heterocycles. The Morgan fingerprint density at radius 3 is 2.68 bits per heavy atom. The molecule has 5 nitrogen and oxygen atoms in total. The van der Waals surface area contributed by atoms with Crippen LogP contribution in [0.2, 0.25) is 0 Å². The van der Waals surface area contributed by atoms with Gasteiger partial charge < -0.3 is 10.1 Å². The molecule has 0 aromatic heterocycles. The van der Waals surface area contributed by atoms with Crippen LogP contribution in [-0.2, 0) is 14.3 Å². The van der Waals surface area contributed by atoms with Crippen LogP contribution in [0.1, 0.15) is 12.5 Å². The third-order valence-electron chi connectivity index (χ3n) is 2.80. The molecule has 0 bridgehead atoms. The van der Waals surface area contributed by atoms with Crippen LogP contribution in [0.5, 0.6) is 0 Å². The predicted octanol–water partition coefficient (Wildman–Crippen LogP) is 1.03. The number of esters is 1. The highest BCUT2D eigenvalue weighted by Crippen LogP contribution is 2.25. The van der Waals surface area contributed by atoms with Gasteiger partial charge in [0.1, 0.15) is 6.07 Å². The van der Waals surface area contributed by atoms with E-state index < -0.39 is 17.3 Å². The normalized spacial score (nSPS) is 21.3. The zero-order valence-corrected chi connectivity index (χ0v) is 10.3. The minimum Gasteiger partial charge on any atom is -0.463 e. The van der Waals surface area contributed by atoms with E-state index in [1.165, 1.54) is 6.08 Å². The molecule has 5 heteroatoms. The highest BCUT2D eigenvalue weighted by molar-refractivity contribution is 6.22. The van der Waals surface area contributed by atoms with Gasteiger partial charge in [-0.1, -0.05) is 30.3 Å². The summed E-state index contributed by atoms with van der Waals surface area (Å²) in [7, 11) is 0. The molecule has 0 radical (unpaired) electrons. The van der Waals surface area contributed by atoms with Crippen LogP contribution in [0.4, 0.5) is 0 Å². The number of ketones is 1. The first kappa shape index (κ1) is 12.8. The summed E-state index contributed by atoms with van der Waals surface area (Å²) in [6.07, 6.45) is 1.26. The molecule has 1 N–H and O–H groups in total. The molecule has 1 atom stereocenters. The summed E-state index contributed by atoms with van der Waals surface area (Å²) < 4.78 is 4.80. The van der Waals surface area contributed by atoms with Crippen LogP contribution in [-0.4, -0.2) is 23.9 Å². The fraction of sp³-hybridized carbons (Fsp3) is 0.214. The van der Waals surface area contributed by atoms with Crippen LogP contribution >= 0.6 is 0 Å². The van der Waals surface area contributed by atoms with E-state index in [-0.39, 0.29) is 6.61 Å². The lowest BCUT2D eigenvalue weighted by atomic mass is 9.99. The molecule has 0 amide bonds. The summed E-state index contributed by atoms with van der Waals surface area (Å²) in [6.45, 7) is 1.73. The molecule has 1 aliphatic heterocycles. The molecule has 1 aromatic carbocycles. The average Bonchev–Trinajstić information content (AvgIpc) is 2.78. The van der Waals surface area contributed by atoms with Crippen molar-refractivity contribution in [3.8, 4) is 6.07 Å². The van der Waals surface area contributed by atoms with Gasteiger partial charge in [-0.25, -0.2) is 4.79 Å². The van der Waals surface area contributed by atoms with Crippen molar-refractivity contribution in [3.05, 3.63) is 42.0 Å². The quantitative estimate of drug-likeness (QED) is 0.645. The molecular formula is C14H12N2O3. The van der Waals surface area contributed by atoms with Crippen LogP contribution in [0, 0.1) is 11.3 Å². The van der Waals surface area contributed by atoms with Gasteiger partial charge in [0, 0.05) is 11.8 Å². The third kappa shape index (κ3) is 2.08. The fourth-order valence-electron chi connectivity index (χ4n) is 1.83. The predicted molar refractivity (Wildman–Crippen MR) is 67.5 cm³/mol. The number of carbonyl (C=O) groups is 2. The molecule has 96 valence electrons. The van der Waals surface area contributed by atoms with Crippen molar-refractivity contribution in [1.29, 1.82) is 5.26 Å². The highest BCUT2D eigenvalue weighted by Gasteiger charge is 2.51. The largest absolute Gasteiger partial charge is 0.463 e.